The first-order valence-corrected chi connectivity index (χ1v) is 8.05. The fourth-order valence-electron chi connectivity index (χ4n) is 2.08. The topological polar surface area (TPSA) is 139 Å². The number of fused-ring (bicyclic) bond motifs is 1. The van der Waals surface area contributed by atoms with Gasteiger partial charge >= 0.3 is 37.2 Å². The van der Waals surface area contributed by atoms with Gasteiger partial charge in [0.05, 0.1) is 12.7 Å². The SMILES string of the molecule is O=P(O)(O)CO[C@H]1CO[C@@H](Nc2ncnc3c2=NCN=3)C1.[H-].[Na+]. The number of nitrogens with one attached hydrogen (secondary N) is 1. The summed E-state index contributed by atoms with van der Waals surface area (Å²) >= 11 is 0. The van der Waals surface area contributed by atoms with E-state index in [1.165, 1.54) is 6.33 Å². The van der Waals surface area contributed by atoms with E-state index < -0.39 is 13.9 Å². The van der Waals surface area contributed by atoms with E-state index in [0.29, 0.717) is 29.8 Å². The van der Waals surface area contributed by atoms with Gasteiger partial charge in [-0.2, -0.15) is 0 Å². The van der Waals surface area contributed by atoms with Gasteiger partial charge in [0.15, 0.2) is 11.3 Å². The van der Waals surface area contributed by atoms with Crippen molar-refractivity contribution in [2.45, 2.75) is 18.8 Å². The van der Waals surface area contributed by atoms with Crippen LogP contribution in [0.2, 0.25) is 0 Å². The number of aromatic nitrogens is 2. The third-order valence-corrected chi connectivity index (χ3v) is 3.47. The van der Waals surface area contributed by atoms with Gasteiger partial charge in [-0.15, -0.1) is 0 Å². The van der Waals surface area contributed by atoms with Crippen LogP contribution in [0, 0.1) is 0 Å². The Bertz CT molecular complexity index is 703. The Hall–Kier alpha value is -0.450. The van der Waals surface area contributed by atoms with Crippen molar-refractivity contribution < 1.29 is 54.8 Å². The van der Waals surface area contributed by atoms with Crippen LogP contribution in [0.5, 0.6) is 0 Å². The summed E-state index contributed by atoms with van der Waals surface area (Å²) in [6.45, 7) is 0.592. The Morgan fingerprint density at radius 2 is 2.27 bits per heavy atom. The van der Waals surface area contributed by atoms with E-state index in [1.807, 2.05) is 0 Å². The molecule has 0 aromatic carbocycles. The van der Waals surface area contributed by atoms with Gasteiger partial charge < -0.3 is 26.0 Å². The molecule has 2 atom stereocenters. The predicted octanol–water partition coefficient (Wildman–Crippen LogP) is -4.52. The Kier molecular flexibility index (Phi) is 6.03. The quantitative estimate of drug-likeness (QED) is 0.360. The van der Waals surface area contributed by atoms with Crippen molar-refractivity contribution >= 4 is 13.4 Å². The average Bonchev–Trinajstić information content (AvgIpc) is 3.04. The van der Waals surface area contributed by atoms with Gasteiger partial charge in [0.2, 0.25) is 0 Å². The third kappa shape index (κ3) is 4.53. The van der Waals surface area contributed by atoms with Gasteiger partial charge in [0.25, 0.3) is 0 Å². The molecule has 116 valence electrons. The molecule has 0 aliphatic carbocycles. The minimum atomic E-state index is -4.16. The zero-order chi connectivity index (χ0) is 14.9. The van der Waals surface area contributed by atoms with Gasteiger partial charge in [-0.1, -0.05) is 0 Å². The van der Waals surface area contributed by atoms with Crippen molar-refractivity contribution in [1.82, 2.24) is 9.97 Å². The van der Waals surface area contributed by atoms with Gasteiger partial charge in [0, 0.05) is 6.42 Å². The molecule has 0 unspecified atom stereocenters. The van der Waals surface area contributed by atoms with Crippen LogP contribution in [0.1, 0.15) is 7.85 Å². The molecule has 1 aromatic heterocycles. The minimum absolute atomic E-state index is 0. The van der Waals surface area contributed by atoms with Crippen LogP contribution in [0.4, 0.5) is 5.82 Å². The van der Waals surface area contributed by atoms with Crippen molar-refractivity contribution in [3.05, 3.63) is 17.2 Å². The Morgan fingerprint density at radius 3 is 3.05 bits per heavy atom. The second-order valence-corrected chi connectivity index (χ2v) is 6.22. The number of nitrogens with zero attached hydrogens (tertiary/aromatic N) is 4. The Balaban J connectivity index is 0.00000132. The summed E-state index contributed by atoms with van der Waals surface area (Å²) in [5.41, 5.74) is 0.541. The van der Waals surface area contributed by atoms with Gasteiger partial charge in [-0.3, -0.25) is 9.56 Å². The van der Waals surface area contributed by atoms with Crippen molar-refractivity contribution in [3.8, 4) is 0 Å². The second kappa shape index (κ2) is 7.41. The van der Waals surface area contributed by atoms with Crippen molar-refractivity contribution in [2.75, 3.05) is 24.9 Å². The Morgan fingerprint density at radius 1 is 1.45 bits per heavy atom. The molecule has 3 heterocycles. The van der Waals surface area contributed by atoms with Crippen molar-refractivity contribution in [3.63, 3.8) is 0 Å². The maximum Gasteiger partial charge on any atom is 1.00 e. The standard InChI is InChI=1S/C10H14N5O5P.Na.H/c16-21(17,18)5-20-6-1-7(19-2-6)15-10-8-9(12-3-11-8)13-4-14-10;;/h4,6-7H,1-3,5H2,(H2,16,17,18)(H,12,13,14,15);;/q;+1;-1/t6-,7-;;/m1../s1. The molecule has 0 radical (unpaired) electrons. The molecule has 0 spiro atoms. The van der Waals surface area contributed by atoms with E-state index in [1.54, 1.807) is 0 Å². The fraction of sp³-hybridized carbons (Fsp3) is 0.600. The zero-order valence-corrected chi connectivity index (χ0v) is 14.8. The van der Waals surface area contributed by atoms with E-state index in [-0.39, 0.29) is 49.9 Å². The van der Waals surface area contributed by atoms with Gasteiger partial charge in [-0.05, 0) is 0 Å². The van der Waals surface area contributed by atoms with E-state index in [9.17, 15) is 4.57 Å². The maximum absolute atomic E-state index is 10.8. The van der Waals surface area contributed by atoms with Crippen LogP contribution in [-0.2, 0) is 14.0 Å². The molecule has 0 amide bonds. The van der Waals surface area contributed by atoms with E-state index >= 15 is 0 Å². The maximum atomic E-state index is 10.8. The molecule has 3 N–H and O–H groups in total. The number of rotatable bonds is 5. The van der Waals surface area contributed by atoms with Gasteiger partial charge in [0.1, 0.15) is 30.9 Å². The second-order valence-electron chi connectivity index (χ2n) is 4.64. The van der Waals surface area contributed by atoms with Gasteiger partial charge in [-0.25, -0.2) is 15.0 Å². The van der Waals surface area contributed by atoms with E-state index in [4.69, 9.17) is 19.3 Å². The molecule has 1 fully saturated rings. The molecule has 0 bridgehead atoms. The number of ether oxygens (including phenoxy) is 2. The van der Waals surface area contributed by atoms with Crippen LogP contribution in [0.25, 0.3) is 0 Å². The number of anilines is 1. The monoisotopic (exact) mass is 339 g/mol. The predicted molar refractivity (Wildman–Crippen MR) is 70.1 cm³/mol. The van der Waals surface area contributed by atoms with Crippen LogP contribution in [0.15, 0.2) is 16.3 Å². The summed E-state index contributed by atoms with van der Waals surface area (Å²) < 4.78 is 21.4. The first-order valence-electron chi connectivity index (χ1n) is 6.25. The van der Waals surface area contributed by atoms with Crippen LogP contribution >= 0.6 is 7.60 Å². The molecule has 0 saturated carbocycles. The zero-order valence-electron chi connectivity index (χ0n) is 12.9. The molecule has 3 rings (SSSR count). The van der Waals surface area contributed by atoms with Crippen LogP contribution in [-0.4, -0.2) is 51.7 Å². The third-order valence-electron chi connectivity index (χ3n) is 2.99. The molecule has 1 aromatic rings. The number of hydrogen-bond acceptors (Lipinski definition) is 8. The normalized spacial score (nSPS) is 23.2. The largest absolute Gasteiger partial charge is 1.00 e. The van der Waals surface area contributed by atoms with Crippen molar-refractivity contribution in [2.24, 2.45) is 9.98 Å². The molecule has 2 aliphatic rings. The first kappa shape index (κ1) is 17.9. The van der Waals surface area contributed by atoms with E-state index in [2.05, 4.69) is 25.3 Å². The molecular formula is C10H15N5NaO5P. The molecule has 12 heteroatoms. The van der Waals surface area contributed by atoms with Crippen molar-refractivity contribution in [1.29, 1.82) is 0 Å². The van der Waals surface area contributed by atoms with Crippen LogP contribution < -0.4 is 45.7 Å². The summed E-state index contributed by atoms with van der Waals surface area (Å²) in [7, 11) is -4.16. The first-order chi connectivity index (χ1) is 10.0. The van der Waals surface area contributed by atoms with Crippen LogP contribution in [0.3, 0.4) is 0 Å². The Labute approximate surface area is 149 Å². The summed E-state index contributed by atoms with van der Waals surface area (Å²) in [6.07, 6.45) is 0.511. The molecule has 10 nitrogen and oxygen atoms in total. The minimum Gasteiger partial charge on any atom is -1.00 e. The summed E-state index contributed by atoms with van der Waals surface area (Å²) in [6, 6.07) is 0. The summed E-state index contributed by atoms with van der Waals surface area (Å²) in [5.74, 6) is 0.530. The molecule has 22 heavy (non-hydrogen) atoms. The molecule has 2 aliphatic heterocycles. The molecular weight excluding hydrogens is 324 g/mol. The average molecular weight is 339 g/mol. The number of hydrogen-bond donors (Lipinski definition) is 3. The smallest absolute Gasteiger partial charge is 1.00 e. The summed E-state index contributed by atoms with van der Waals surface area (Å²) in [5, 5.41) is 3.67. The van der Waals surface area contributed by atoms with E-state index in [0.717, 1.165) is 0 Å². The molecule has 1 saturated heterocycles. The fourth-order valence-corrected chi connectivity index (χ4v) is 2.48. The summed E-state index contributed by atoms with van der Waals surface area (Å²) in [4.78, 5) is 33.9.